The van der Waals surface area contributed by atoms with E-state index in [1.807, 2.05) is 0 Å². The first-order valence-electron chi connectivity index (χ1n) is 8.79. The maximum absolute atomic E-state index is 12.2. The molecule has 0 amide bonds. The summed E-state index contributed by atoms with van der Waals surface area (Å²) in [6.07, 6.45) is 2.97. The molecule has 24 heavy (non-hydrogen) atoms. The van der Waals surface area contributed by atoms with Crippen molar-refractivity contribution in [1.82, 2.24) is 0 Å². The van der Waals surface area contributed by atoms with Gasteiger partial charge in [0.2, 0.25) is 0 Å². The Morgan fingerprint density at radius 3 is 2.46 bits per heavy atom. The number of rotatable bonds is 5. The van der Waals surface area contributed by atoms with Crippen LogP contribution in [0.3, 0.4) is 0 Å². The van der Waals surface area contributed by atoms with Crippen LogP contribution in [-0.2, 0) is 14.0 Å². The van der Waals surface area contributed by atoms with Crippen molar-refractivity contribution in [2.45, 2.75) is 89.6 Å². The van der Waals surface area contributed by atoms with E-state index in [-0.39, 0.29) is 17.4 Å². The van der Waals surface area contributed by atoms with Gasteiger partial charge in [-0.2, -0.15) is 4.79 Å². The van der Waals surface area contributed by atoms with Gasteiger partial charge in [0.25, 0.3) is 0 Å². The van der Waals surface area contributed by atoms with Gasteiger partial charge in [-0.05, 0) is 44.3 Å². The molecular formula is C17H32N2O4Si. The molecule has 6 nitrogen and oxygen atoms in total. The molecular weight excluding hydrogens is 324 g/mol. The highest BCUT2D eigenvalue weighted by molar-refractivity contribution is 6.74. The SMILES string of the molecule is CCOC(=O)C(=[N+]=[N-])[C@@]1(O)CCCCC[C@@H]1O[Si](C)(C)C(C)(C)C. The summed E-state index contributed by atoms with van der Waals surface area (Å²) in [5.41, 5.74) is 7.44. The van der Waals surface area contributed by atoms with Gasteiger partial charge in [-0.3, -0.25) is 0 Å². The Balaban J connectivity index is 3.23. The molecule has 1 rings (SSSR count). The molecule has 0 bridgehead atoms. The molecule has 0 aromatic carbocycles. The summed E-state index contributed by atoms with van der Waals surface area (Å²) >= 11 is 0. The third-order valence-electron chi connectivity index (χ3n) is 5.28. The molecule has 1 aliphatic carbocycles. The third kappa shape index (κ3) is 4.54. The van der Waals surface area contributed by atoms with Crippen LogP contribution in [0.5, 0.6) is 0 Å². The fraction of sp³-hybridized carbons (Fsp3) is 0.882. The maximum Gasteiger partial charge on any atom is 0.420 e. The fourth-order valence-electron chi connectivity index (χ4n) is 2.76. The second kappa shape index (κ2) is 7.91. The van der Waals surface area contributed by atoms with Gasteiger partial charge < -0.3 is 19.8 Å². The van der Waals surface area contributed by atoms with Gasteiger partial charge in [0, 0.05) is 0 Å². The summed E-state index contributed by atoms with van der Waals surface area (Å²) in [5.74, 6) is -0.784. The number of esters is 1. The third-order valence-corrected chi connectivity index (χ3v) is 9.76. The van der Waals surface area contributed by atoms with Crippen LogP contribution in [0.1, 0.15) is 59.8 Å². The summed E-state index contributed by atoms with van der Waals surface area (Å²) < 4.78 is 11.4. The molecule has 0 saturated heterocycles. The molecule has 0 radical (unpaired) electrons. The second-order valence-corrected chi connectivity index (χ2v) is 12.8. The van der Waals surface area contributed by atoms with E-state index in [0.29, 0.717) is 12.8 Å². The molecule has 2 atom stereocenters. The van der Waals surface area contributed by atoms with Crippen molar-refractivity contribution in [1.29, 1.82) is 0 Å². The van der Waals surface area contributed by atoms with Crippen molar-refractivity contribution in [3.05, 3.63) is 5.53 Å². The first-order valence-corrected chi connectivity index (χ1v) is 11.7. The highest BCUT2D eigenvalue weighted by Crippen LogP contribution is 2.41. The summed E-state index contributed by atoms with van der Waals surface area (Å²) in [6, 6.07) is 0. The molecule has 1 saturated carbocycles. The number of hydrogen-bond acceptors (Lipinski definition) is 4. The molecule has 0 unspecified atom stereocenters. The summed E-state index contributed by atoms with van der Waals surface area (Å²) in [7, 11) is -2.16. The normalized spacial score (nSPS) is 25.5. The van der Waals surface area contributed by atoms with Crippen molar-refractivity contribution in [2.75, 3.05) is 6.61 Å². The molecule has 0 aliphatic heterocycles. The lowest BCUT2D eigenvalue weighted by Crippen LogP contribution is -2.58. The minimum atomic E-state index is -2.16. The zero-order chi connectivity index (χ0) is 18.6. The number of aliphatic hydroxyl groups is 1. The van der Waals surface area contributed by atoms with E-state index in [4.69, 9.17) is 9.16 Å². The van der Waals surface area contributed by atoms with Gasteiger partial charge in [0.1, 0.15) is 0 Å². The topological polar surface area (TPSA) is 92.2 Å². The number of nitrogens with zero attached hydrogens (tertiary/aromatic N) is 2. The highest BCUT2D eigenvalue weighted by atomic mass is 28.4. The Morgan fingerprint density at radius 2 is 1.96 bits per heavy atom. The largest absolute Gasteiger partial charge is 0.457 e. The zero-order valence-corrected chi connectivity index (χ0v) is 16.9. The van der Waals surface area contributed by atoms with Crippen LogP contribution in [0.25, 0.3) is 5.53 Å². The van der Waals surface area contributed by atoms with E-state index in [1.165, 1.54) is 0 Å². The maximum atomic E-state index is 12.2. The van der Waals surface area contributed by atoms with Crippen molar-refractivity contribution >= 4 is 20.0 Å². The predicted molar refractivity (Wildman–Crippen MR) is 95.4 cm³/mol. The number of carbonyl (C=O) groups excluding carboxylic acids is 1. The Labute approximate surface area is 146 Å². The first kappa shape index (κ1) is 21.0. The van der Waals surface area contributed by atoms with Crippen LogP contribution < -0.4 is 0 Å². The van der Waals surface area contributed by atoms with E-state index < -0.39 is 26.0 Å². The van der Waals surface area contributed by atoms with E-state index in [9.17, 15) is 15.4 Å². The minimum absolute atomic E-state index is 0.0271. The Kier molecular flexibility index (Phi) is 6.93. The summed E-state index contributed by atoms with van der Waals surface area (Å²) in [5, 5.41) is 11.3. The Bertz CT molecular complexity index is 509. The van der Waals surface area contributed by atoms with Crippen LogP contribution in [0.2, 0.25) is 18.1 Å². The molecule has 0 aromatic heterocycles. The number of carbonyl (C=O) groups is 1. The van der Waals surface area contributed by atoms with Gasteiger partial charge in [0.05, 0.1) is 12.7 Å². The van der Waals surface area contributed by atoms with Gasteiger partial charge in [-0.1, -0.05) is 33.6 Å². The van der Waals surface area contributed by atoms with Crippen molar-refractivity contribution in [3.8, 4) is 0 Å². The van der Waals surface area contributed by atoms with Crippen LogP contribution in [0, 0.1) is 0 Å². The zero-order valence-electron chi connectivity index (χ0n) is 15.9. The molecule has 0 aromatic rings. The second-order valence-electron chi connectivity index (χ2n) is 8.06. The monoisotopic (exact) mass is 356 g/mol. The summed E-state index contributed by atoms with van der Waals surface area (Å²) in [4.78, 5) is 15.3. The molecule has 1 fully saturated rings. The van der Waals surface area contributed by atoms with Gasteiger partial charge in [-0.25, -0.2) is 4.79 Å². The lowest BCUT2D eigenvalue weighted by molar-refractivity contribution is -0.146. The molecule has 1 N–H and O–H groups in total. The smallest absolute Gasteiger partial charge is 0.420 e. The predicted octanol–water partition coefficient (Wildman–Crippen LogP) is 3.31. The van der Waals surface area contributed by atoms with Gasteiger partial charge in [-0.15, -0.1) is 0 Å². The first-order chi connectivity index (χ1) is 11.0. The standard InChI is InChI=1S/C17H32N2O4Si/c1-7-22-15(20)14(19-18)17(21)12-10-8-9-11-13(17)23-24(5,6)16(2,3)4/h13,21H,7-12H2,1-6H3/t13-,17+/m0/s1. The molecule has 138 valence electrons. The van der Waals surface area contributed by atoms with Crippen LogP contribution in [0.15, 0.2) is 0 Å². The lowest BCUT2D eigenvalue weighted by atomic mass is 9.86. The van der Waals surface area contributed by atoms with Crippen LogP contribution in [0.4, 0.5) is 0 Å². The van der Waals surface area contributed by atoms with Crippen molar-refractivity contribution in [3.63, 3.8) is 0 Å². The average molecular weight is 357 g/mol. The van der Waals surface area contributed by atoms with E-state index in [0.717, 1.165) is 19.3 Å². The highest BCUT2D eigenvalue weighted by Gasteiger charge is 2.55. The molecule has 0 heterocycles. The average Bonchev–Trinajstić information content (AvgIpc) is 2.61. The van der Waals surface area contributed by atoms with Crippen molar-refractivity contribution in [2.24, 2.45) is 0 Å². The number of hydrogen-bond donors (Lipinski definition) is 1. The summed E-state index contributed by atoms with van der Waals surface area (Å²) in [6.45, 7) is 12.4. The van der Waals surface area contributed by atoms with Crippen LogP contribution in [-0.4, -0.2) is 48.2 Å². The van der Waals surface area contributed by atoms with Crippen LogP contribution >= 0.6 is 0 Å². The van der Waals surface area contributed by atoms with E-state index in [1.54, 1.807) is 6.92 Å². The Hall–Kier alpha value is -1.01. The van der Waals surface area contributed by atoms with E-state index >= 15 is 0 Å². The molecule has 7 heteroatoms. The fourth-order valence-corrected chi connectivity index (χ4v) is 4.14. The Morgan fingerprint density at radius 1 is 1.33 bits per heavy atom. The van der Waals surface area contributed by atoms with E-state index in [2.05, 4.69) is 38.7 Å². The lowest BCUT2D eigenvalue weighted by Gasteiger charge is -2.42. The molecule has 1 aliphatic rings. The minimum Gasteiger partial charge on any atom is -0.457 e. The van der Waals surface area contributed by atoms with Gasteiger partial charge in [0.15, 0.2) is 13.9 Å². The van der Waals surface area contributed by atoms with Gasteiger partial charge >= 0.3 is 11.7 Å². The quantitative estimate of drug-likeness (QED) is 0.204. The van der Waals surface area contributed by atoms with Crippen molar-refractivity contribution < 1.29 is 23.9 Å². The molecule has 0 spiro atoms. The number of ether oxygens (including phenoxy) is 1.